The summed E-state index contributed by atoms with van der Waals surface area (Å²) < 4.78 is 0. The second-order valence-electron chi connectivity index (χ2n) is 5.44. The molecular weight excluding hydrogens is 232 g/mol. The van der Waals surface area contributed by atoms with E-state index >= 15 is 0 Å². The Hall–Kier alpha value is -0.890. The van der Waals surface area contributed by atoms with Crippen LogP contribution in [0.15, 0.2) is 12.1 Å². The molecule has 0 amide bonds. The molecule has 1 aromatic rings. The normalized spacial score (nSPS) is 15.4. The minimum atomic E-state index is 0.659. The molecule has 3 heteroatoms. The highest BCUT2D eigenvalue weighted by Gasteiger charge is 2.30. The molecular formula is C14H21ClN2. The predicted molar refractivity (Wildman–Crippen MR) is 75.8 cm³/mol. The third-order valence-electron chi connectivity index (χ3n) is 3.17. The van der Waals surface area contributed by atoms with Crippen LogP contribution in [0.4, 0.5) is 11.4 Å². The zero-order valence-corrected chi connectivity index (χ0v) is 11.6. The molecule has 1 aliphatic rings. The van der Waals surface area contributed by atoms with Crippen LogP contribution in [0.1, 0.15) is 32.3 Å². The van der Waals surface area contributed by atoms with Gasteiger partial charge in [-0.15, -0.1) is 0 Å². The number of nitrogens with zero attached hydrogens (tertiary/aromatic N) is 1. The van der Waals surface area contributed by atoms with Crippen LogP contribution in [0.2, 0.25) is 5.02 Å². The van der Waals surface area contributed by atoms with Crippen LogP contribution >= 0.6 is 11.6 Å². The lowest BCUT2D eigenvalue weighted by Crippen LogP contribution is -2.30. The molecule has 0 atom stereocenters. The average molecular weight is 253 g/mol. The maximum Gasteiger partial charge on any atom is 0.0656 e. The topological polar surface area (TPSA) is 29.3 Å². The smallest absolute Gasteiger partial charge is 0.0656 e. The molecule has 2 nitrogen and oxygen atoms in total. The van der Waals surface area contributed by atoms with Gasteiger partial charge in [0.05, 0.1) is 10.7 Å². The van der Waals surface area contributed by atoms with Crippen molar-refractivity contribution in [1.29, 1.82) is 0 Å². The Morgan fingerprint density at radius 3 is 2.59 bits per heavy atom. The van der Waals surface area contributed by atoms with Crippen LogP contribution in [-0.4, -0.2) is 12.6 Å². The van der Waals surface area contributed by atoms with E-state index in [9.17, 15) is 0 Å². The second kappa shape index (κ2) is 4.77. The van der Waals surface area contributed by atoms with E-state index in [0.717, 1.165) is 6.54 Å². The van der Waals surface area contributed by atoms with Crippen molar-refractivity contribution in [3.05, 3.63) is 22.7 Å². The van der Waals surface area contributed by atoms with Crippen LogP contribution < -0.4 is 10.6 Å². The first-order valence-electron chi connectivity index (χ1n) is 6.31. The van der Waals surface area contributed by atoms with E-state index < -0.39 is 0 Å². The zero-order chi connectivity index (χ0) is 12.6. The van der Waals surface area contributed by atoms with Crippen molar-refractivity contribution >= 4 is 23.0 Å². The lowest BCUT2D eigenvalue weighted by molar-refractivity contribution is 0.606. The summed E-state index contributed by atoms with van der Waals surface area (Å²) in [5.41, 5.74) is 8.98. The first-order valence-corrected chi connectivity index (χ1v) is 6.69. The number of nitrogens with two attached hydrogens (primary N) is 1. The minimum absolute atomic E-state index is 0.659. The molecule has 94 valence electrons. The molecule has 1 saturated carbocycles. The van der Waals surface area contributed by atoms with E-state index in [0.29, 0.717) is 22.7 Å². The van der Waals surface area contributed by atoms with Gasteiger partial charge in [0.2, 0.25) is 0 Å². The fourth-order valence-corrected chi connectivity index (χ4v) is 2.38. The summed E-state index contributed by atoms with van der Waals surface area (Å²) >= 11 is 6.14. The van der Waals surface area contributed by atoms with Crippen molar-refractivity contribution in [3.8, 4) is 0 Å². The Kier molecular flexibility index (Phi) is 3.53. The van der Waals surface area contributed by atoms with Gasteiger partial charge < -0.3 is 10.6 Å². The number of hydrogen-bond donors (Lipinski definition) is 1. The summed E-state index contributed by atoms with van der Waals surface area (Å²) in [6, 6.07) is 4.70. The van der Waals surface area contributed by atoms with Gasteiger partial charge in [0.25, 0.3) is 0 Å². The van der Waals surface area contributed by atoms with E-state index in [2.05, 4.69) is 25.7 Å². The van der Waals surface area contributed by atoms with Gasteiger partial charge in [-0.2, -0.15) is 0 Å². The molecule has 2 N–H and O–H groups in total. The molecule has 1 aliphatic carbocycles. The number of benzene rings is 1. The van der Waals surface area contributed by atoms with Gasteiger partial charge in [0.1, 0.15) is 0 Å². The largest absolute Gasteiger partial charge is 0.398 e. The number of aryl methyl sites for hydroxylation is 1. The summed E-state index contributed by atoms with van der Waals surface area (Å²) in [7, 11) is 0. The Morgan fingerprint density at radius 2 is 2.06 bits per heavy atom. The van der Waals surface area contributed by atoms with Gasteiger partial charge in [-0.25, -0.2) is 0 Å². The molecule has 17 heavy (non-hydrogen) atoms. The van der Waals surface area contributed by atoms with E-state index in [1.54, 1.807) is 0 Å². The molecule has 0 saturated heterocycles. The van der Waals surface area contributed by atoms with Crippen molar-refractivity contribution in [3.63, 3.8) is 0 Å². The molecule has 0 spiro atoms. The standard InChI is InChI=1S/C14H21ClN2/c1-9(2)8-17(11-4-5-11)14-7-12(15)13(16)6-10(14)3/h6-7,9,11H,4-5,8,16H2,1-3H3. The number of halogens is 1. The Labute approximate surface area is 109 Å². The minimum Gasteiger partial charge on any atom is -0.398 e. The van der Waals surface area contributed by atoms with Crippen LogP contribution in [0, 0.1) is 12.8 Å². The molecule has 0 heterocycles. The Morgan fingerprint density at radius 1 is 1.41 bits per heavy atom. The summed E-state index contributed by atoms with van der Waals surface area (Å²) in [4.78, 5) is 2.49. The third-order valence-corrected chi connectivity index (χ3v) is 3.50. The quantitative estimate of drug-likeness (QED) is 0.825. The SMILES string of the molecule is Cc1cc(N)c(Cl)cc1N(CC(C)C)C1CC1. The van der Waals surface area contributed by atoms with Crippen molar-refractivity contribution < 1.29 is 0 Å². The molecule has 0 radical (unpaired) electrons. The lowest BCUT2D eigenvalue weighted by Gasteiger charge is -2.28. The highest BCUT2D eigenvalue weighted by molar-refractivity contribution is 6.33. The van der Waals surface area contributed by atoms with Gasteiger partial charge in [0, 0.05) is 18.3 Å². The van der Waals surface area contributed by atoms with Gasteiger partial charge in [0.15, 0.2) is 0 Å². The summed E-state index contributed by atoms with van der Waals surface area (Å²) in [6.07, 6.45) is 2.60. The highest BCUT2D eigenvalue weighted by atomic mass is 35.5. The van der Waals surface area contributed by atoms with Crippen LogP contribution in [0.5, 0.6) is 0 Å². The number of rotatable bonds is 4. The molecule has 0 aliphatic heterocycles. The average Bonchev–Trinajstić information content (AvgIpc) is 3.04. The summed E-state index contributed by atoms with van der Waals surface area (Å²) in [5.74, 6) is 0.659. The van der Waals surface area contributed by atoms with Crippen molar-refractivity contribution in [2.45, 2.75) is 39.7 Å². The second-order valence-corrected chi connectivity index (χ2v) is 5.84. The van der Waals surface area contributed by atoms with E-state index in [-0.39, 0.29) is 0 Å². The van der Waals surface area contributed by atoms with Gasteiger partial charge >= 0.3 is 0 Å². The maximum atomic E-state index is 6.14. The van der Waals surface area contributed by atoms with Gasteiger partial charge in [-0.3, -0.25) is 0 Å². The molecule has 0 unspecified atom stereocenters. The maximum absolute atomic E-state index is 6.14. The third kappa shape index (κ3) is 2.86. The number of hydrogen-bond acceptors (Lipinski definition) is 2. The fourth-order valence-electron chi connectivity index (χ4n) is 2.23. The first kappa shape index (κ1) is 12.6. The molecule has 1 fully saturated rings. The fraction of sp³-hybridized carbons (Fsp3) is 0.571. The first-order chi connectivity index (χ1) is 7.99. The van der Waals surface area contributed by atoms with Crippen molar-refractivity contribution in [2.24, 2.45) is 5.92 Å². The zero-order valence-electron chi connectivity index (χ0n) is 10.8. The number of nitrogen functional groups attached to an aromatic ring is 1. The molecule has 2 rings (SSSR count). The Bertz CT molecular complexity index is 411. The predicted octanol–water partition coefficient (Wildman–Crippen LogP) is 3.86. The lowest BCUT2D eigenvalue weighted by atomic mass is 10.1. The summed E-state index contributed by atoms with van der Waals surface area (Å²) in [6.45, 7) is 7.71. The molecule has 0 bridgehead atoms. The van der Waals surface area contributed by atoms with Crippen molar-refractivity contribution in [2.75, 3.05) is 17.2 Å². The van der Waals surface area contributed by atoms with Crippen molar-refractivity contribution in [1.82, 2.24) is 0 Å². The monoisotopic (exact) mass is 252 g/mol. The van der Waals surface area contributed by atoms with E-state index in [4.69, 9.17) is 17.3 Å². The van der Waals surface area contributed by atoms with E-state index in [1.165, 1.54) is 24.1 Å². The van der Waals surface area contributed by atoms with Crippen LogP contribution in [-0.2, 0) is 0 Å². The molecule has 1 aromatic carbocycles. The highest BCUT2D eigenvalue weighted by Crippen LogP contribution is 2.37. The van der Waals surface area contributed by atoms with Crippen LogP contribution in [0.3, 0.4) is 0 Å². The number of anilines is 2. The van der Waals surface area contributed by atoms with Gasteiger partial charge in [-0.05, 0) is 43.4 Å². The van der Waals surface area contributed by atoms with Crippen LogP contribution in [0.25, 0.3) is 0 Å². The van der Waals surface area contributed by atoms with E-state index in [1.807, 2.05) is 12.1 Å². The van der Waals surface area contributed by atoms with Gasteiger partial charge in [-0.1, -0.05) is 25.4 Å². The summed E-state index contributed by atoms with van der Waals surface area (Å²) in [5, 5.41) is 0.667. The Balaban J connectivity index is 2.31. The molecule has 0 aromatic heterocycles.